The number of hydrogen-bond donors (Lipinski definition) is 1. The minimum atomic E-state index is -0.159. The highest BCUT2D eigenvalue weighted by atomic mass is 16.5. The van der Waals surface area contributed by atoms with Crippen LogP contribution in [0.5, 0.6) is 0 Å². The van der Waals surface area contributed by atoms with Gasteiger partial charge in [-0.15, -0.1) is 0 Å². The predicted octanol–water partition coefficient (Wildman–Crippen LogP) is 1.68. The van der Waals surface area contributed by atoms with Crippen LogP contribution < -0.4 is 5.32 Å². The van der Waals surface area contributed by atoms with Crippen molar-refractivity contribution in [2.24, 2.45) is 5.92 Å². The van der Waals surface area contributed by atoms with E-state index >= 15 is 0 Å². The molecule has 1 heterocycles. The van der Waals surface area contributed by atoms with Crippen molar-refractivity contribution in [3.05, 3.63) is 17.0 Å². The van der Waals surface area contributed by atoms with Gasteiger partial charge < -0.3 is 9.84 Å². The van der Waals surface area contributed by atoms with Gasteiger partial charge in [0, 0.05) is 12.1 Å². The number of carbonyl (C=O) groups is 1. The minimum absolute atomic E-state index is 0.159. The maximum Gasteiger partial charge on any atom is 0.273 e. The second-order valence-corrected chi connectivity index (χ2v) is 3.82. The molecule has 14 heavy (non-hydrogen) atoms. The molecule has 1 amide bonds. The zero-order valence-corrected chi connectivity index (χ0v) is 9.05. The number of aryl methyl sites for hydroxylation is 1. The highest BCUT2D eigenvalue weighted by molar-refractivity contribution is 5.93. The Kier molecular flexibility index (Phi) is 3.28. The number of aromatic nitrogens is 1. The molecule has 0 radical (unpaired) electrons. The summed E-state index contributed by atoms with van der Waals surface area (Å²) in [5.41, 5.74) is 1.20. The molecule has 4 heteroatoms. The monoisotopic (exact) mass is 196 g/mol. The van der Waals surface area contributed by atoms with E-state index in [0.717, 1.165) is 5.56 Å². The van der Waals surface area contributed by atoms with Gasteiger partial charge in [0.15, 0.2) is 5.69 Å². The average Bonchev–Trinajstić information content (AvgIpc) is 2.44. The summed E-state index contributed by atoms with van der Waals surface area (Å²) in [5.74, 6) is 0.972. The highest BCUT2D eigenvalue weighted by Crippen LogP contribution is 2.10. The van der Waals surface area contributed by atoms with Gasteiger partial charge in [0.05, 0.1) is 0 Å². The van der Waals surface area contributed by atoms with E-state index in [2.05, 4.69) is 10.5 Å². The molecule has 0 spiro atoms. The number of carbonyl (C=O) groups excluding carboxylic acids is 1. The summed E-state index contributed by atoms with van der Waals surface area (Å²) in [5, 5.41) is 6.50. The third kappa shape index (κ3) is 2.34. The fourth-order valence-electron chi connectivity index (χ4n) is 1.01. The molecule has 1 aromatic rings. The van der Waals surface area contributed by atoms with Gasteiger partial charge in [0.1, 0.15) is 5.76 Å². The van der Waals surface area contributed by atoms with Gasteiger partial charge in [-0.05, 0) is 19.8 Å². The van der Waals surface area contributed by atoms with Crippen molar-refractivity contribution >= 4 is 5.91 Å². The van der Waals surface area contributed by atoms with E-state index in [1.54, 1.807) is 6.92 Å². The molecule has 1 aromatic heterocycles. The molecule has 0 aliphatic rings. The van der Waals surface area contributed by atoms with Gasteiger partial charge in [-0.2, -0.15) is 0 Å². The number of nitrogens with one attached hydrogen (secondary N) is 1. The molecule has 1 rings (SSSR count). The minimum Gasteiger partial charge on any atom is -0.361 e. The molecule has 78 valence electrons. The summed E-state index contributed by atoms with van der Waals surface area (Å²) in [6.07, 6.45) is 0. The molecule has 0 aliphatic heterocycles. The fourth-order valence-corrected chi connectivity index (χ4v) is 1.01. The van der Waals surface area contributed by atoms with Crippen LogP contribution in [0.2, 0.25) is 0 Å². The Morgan fingerprint density at radius 2 is 2.14 bits per heavy atom. The van der Waals surface area contributed by atoms with Crippen LogP contribution in [-0.2, 0) is 0 Å². The molecule has 0 aromatic carbocycles. The van der Waals surface area contributed by atoms with Crippen LogP contribution in [0, 0.1) is 19.8 Å². The van der Waals surface area contributed by atoms with E-state index in [9.17, 15) is 4.79 Å². The SMILES string of the molecule is Cc1onc(C(=O)NCC(C)C)c1C. The third-order valence-electron chi connectivity index (χ3n) is 2.04. The number of hydrogen-bond acceptors (Lipinski definition) is 3. The molecule has 0 atom stereocenters. The summed E-state index contributed by atoms with van der Waals surface area (Å²) in [4.78, 5) is 11.5. The first kappa shape index (κ1) is 10.8. The van der Waals surface area contributed by atoms with Crippen LogP contribution in [0.15, 0.2) is 4.52 Å². The lowest BCUT2D eigenvalue weighted by atomic mass is 10.2. The zero-order valence-electron chi connectivity index (χ0n) is 9.05. The Bertz CT molecular complexity index is 329. The summed E-state index contributed by atoms with van der Waals surface area (Å²) in [6.45, 7) is 8.37. The molecule has 4 nitrogen and oxygen atoms in total. The lowest BCUT2D eigenvalue weighted by Crippen LogP contribution is -2.28. The van der Waals surface area contributed by atoms with Crippen LogP contribution >= 0.6 is 0 Å². The second-order valence-electron chi connectivity index (χ2n) is 3.82. The van der Waals surface area contributed by atoms with Crippen molar-refractivity contribution in [3.8, 4) is 0 Å². The molecular weight excluding hydrogens is 180 g/mol. The van der Waals surface area contributed by atoms with Crippen molar-refractivity contribution in [2.45, 2.75) is 27.7 Å². The molecule has 1 N–H and O–H groups in total. The van der Waals surface area contributed by atoms with Crippen LogP contribution in [-0.4, -0.2) is 17.6 Å². The van der Waals surface area contributed by atoms with E-state index in [1.165, 1.54) is 0 Å². The molecule has 0 unspecified atom stereocenters. The Hall–Kier alpha value is -1.32. The zero-order chi connectivity index (χ0) is 10.7. The molecule has 0 saturated heterocycles. The fraction of sp³-hybridized carbons (Fsp3) is 0.600. The van der Waals surface area contributed by atoms with Crippen LogP contribution in [0.3, 0.4) is 0 Å². The first-order valence-electron chi connectivity index (χ1n) is 4.73. The lowest BCUT2D eigenvalue weighted by molar-refractivity contribution is 0.0939. The quantitative estimate of drug-likeness (QED) is 0.800. The summed E-state index contributed by atoms with van der Waals surface area (Å²) in [7, 11) is 0. The third-order valence-corrected chi connectivity index (χ3v) is 2.04. The van der Waals surface area contributed by atoms with Gasteiger partial charge in [-0.1, -0.05) is 19.0 Å². The Morgan fingerprint density at radius 3 is 2.57 bits per heavy atom. The maximum absolute atomic E-state index is 11.5. The predicted molar refractivity (Wildman–Crippen MR) is 53.1 cm³/mol. The lowest BCUT2D eigenvalue weighted by Gasteiger charge is -2.05. The standard InChI is InChI=1S/C10H16N2O2/c1-6(2)5-11-10(13)9-7(3)8(4)14-12-9/h6H,5H2,1-4H3,(H,11,13). The summed E-state index contributed by atoms with van der Waals surface area (Å²) < 4.78 is 4.91. The Labute approximate surface area is 83.7 Å². The molecule has 0 fully saturated rings. The number of amides is 1. The topological polar surface area (TPSA) is 55.1 Å². The van der Waals surface area contributed by atoms with E-state index in [4.69, 9.17) is 4.52 Å². The highest BCUT2D eigenvalue weighted by Gasteiger charge is 2.15. The molecular formula is C10H16N2O2. The molecule has 0 bridgehead atoms. The van der Waals surface area contributed by atoms with Crippen LogP contribution in [0.25, 0.3) is 0 Å². The first-order valence-corrected chi connectivity index (χ1v) is 4.73. The number of nitrogens with zero attached hydrogens (tertiary/aromatic N) is 1. The Balaban J connectivity index is 2.66. The van der Waals surface area contributed by atoms with Crippen molar-refractivity contribution in [1.82, 2.24) is 10.5 Å². The second kappa shape index (κ2) is 4.26. The largest absolute Gasteiger partial charge is 0.361 e. The number of rotatable bonds is 3. The average molecular weight is 196 g/mol. The Morgan fingerprint density at radius 1 is 1.50 bits per heavy atom. The van der Waals surface area contributed by atoms with Crippen molar-refractivity contribution < 1.29 is 9.32 Å². The van der Waals surface area contributed by atoms with Crippen molar-refractivity contribution in [3.63, 3.8) is 0 Å². The molecule has 0 aliphatic carbocycles. The summed E-state index contributed by atoms with van der Waals surface area (Å²) >= 11 is 0. The van der Waals surface area contributed by atoms with Crippen molar-refractivity contribution in [2.75, 3.05) is 6.54 Å². The van der Waals surface area contributed by atoms with Gasteiger partial charge >= 0.3 is 0 Å². The van der Waals surface area contributed by atoms with Gasteiger partial charge in [0.2, 0.25) is 0 Å². The first-order chi connectivity index (χ1) is 6.52. The van der Waals surface area contributed by atoms with Gasteiger partial charge in [0.25, 0.3) is 5.91 Å². The van der Waals surface area contributed by atoms with E-state index in [-0.39, 0.29) is 5.91 Å². The normalized spacial score (nSPS) is 10.6. The smallest absolute Gasteiger partial charge is 0.273 e. The molecule has 0 saturated carbocycles. The van der Waals surface area contributed by atoms with Crippen LogP contribution in [0.1, 0.15) is 35.7 Å². The maximum atomic E-state index is 11.5. The van der Waals surface area contributed by atoms with E-state index < -0.39 is 0 Å². The van der Waals surface area contributed by atoms with Gasteiger partial charge in [-0.3, -0.25) is 4.79 Å². The summed E-state index contributed by atoms with van der Waals surface area (Å²) in [6, 6.07) is 0. The van der Waals surface area contributed by atoms with Crippen molar-refractivity contribution in [1.29, 1.82) is 0 Å². The van der Waals surface area contributed by atoms with Gasteiger partial charge in [-0.25, -0.2) is 0 Å². The van der Waals surface area contributed by atoms with E-state index in [0.29, 0.717) is 23.9 Å². The van der Waals surface area contributed by atoms with Crippen LogP contribution in [0.4, 0.5) is 0 Å². The van der Waals surface area contributed by atoms with E-state index in [1.807, 2.05) is 20.8 Å².